The van der Waals surface area contributed by atoms with Gasteiger partial charge in [-0.15, -0.1) is 0 Å². The highest BCUT2D eigenvalue weighted by Crippen LogP contribution is 2.23. The lowest BCUT2D eigenvalue weighted by Gasteiger charge is -2.40. The molecular weight excluding hydrogens is 274 g/mol. The molecule has 1 aliphatic rings. The van der Waals surface area contributed by atoms with Crippen LogP contribution in [0.5, 0.6) is 0 Å². The third-order valence-corrected chi connectivity index (χ3v) is 3.77. The first-order valence-corrected chi connectivity index (χ1v) is 7.26. The summed E-state index contributed by atoms with van der Waals surface area (Å²) >= 11 is 0. The first-order valence-electron chi connectivity index (χ1n) is 7.26. The van der Waals surface area contributed by atoms with Crippen LogP contribution < -0.4 is 10.6 Å². The molecule has 0 bridgehead atoms. The molecule has 21 heavy (non-hydrogen) atoms. The first-order chi connectivity index (χ1) is 9.99. The number of carbonyl (C=O) groups excluding carboxylic acids is 3. The minimum absolute atomic E-state index is 0.0117. The molecule has 1 fully saturated rings. The summed E-state index contributed by atoms with van der Waals surface area (Å²) in [4.78, 5) is 36.3. The van der Waals surface area contributed by atoms with Crippen LogP contribution in [0, 0.1) is 0 Å². The number of nitrogens with zero attached hydrogens (tertiary/aromatic N) is 1. The van der Waals surface area contributed by atoms with Gasteiger partial charge in [-0.05, 0) is 19.3 Å². The van der Waals surface area contributed by atoms with Crippen molar-refractivity contribution in [1.29, 1.82) is 0 Å². The number of amides is 3. The van der Waals surface area contributed by atoms with Crippen molar-refractivity contribution in [1.82, 2.24) is 15.5 Å². The van der Waals surface area contributed by atoms with Gasteiger partial charge in [0.05, 0.1) is 18.7 Å². The normalized spacial score (nSPS) is 21.8. The monoisotopic (exact) mass is 299 g/mol. The van der Waals surface area contributed by atoms with Crippen molar-refractivity contribution in [3.63, 3.8) is 0 Å². The Labute approximate surface area is 125 Å². The molecule has 1 heterocycles. The van der Waals surface area contributed by atoms with Gasteiger partial charge in [0.25, 0.3) is 0 Å². The fraction of sp³-hybridized carbons (Fsp3) is 0.786. The Bertz CT molecular complexity index is 386. The standard InChI is InChI=1S/C14H25N3O4/c1-10(18)16-9-14(20)17-8-4-5-12(21-3)11(17)6-7-13(19)15-2/h11-12H,4-9H2,1-3H3,(H,15,19)(H,16,18)/t11-,12-/m0/s1. The summed E-state index contributed by atoms with van der Waals surface area (Å²) in [5, 5.41) is 5.10. The lowest BCUT2D eigenvalue weighted by atomic mass is 9.94. The minimum atomic E-state index is -0.231. The predicted molar refractivity (Wildman–Crippen MR) is 77.5 cm³/mol. The molecule has 0 aromatic carbocycles. The third-order valence-electron chi connectivity index (χ3n) is 3.77. The Kier molecular flexibility index (Phi) is 7.14. The molecule has 1 rings (SSSR count). The van der Waals surface area contributed by atoms with E-state index in [4.69, 9.17) is 4.74 Å². The number of piperidine rings is 1. The number of methoxy groups -OCH3 is 1. The van der Waals surface area contributed by atoms with Crippen LogP contribution in [-0.2, 0) is 19.1 Å². The van der Waals surface area contributed by atoms with E-state index in [9.17, 15) is 14.4 Å². The second-order valence-corrected chi connectivity index (χ2v) is 5.19. The molecule has 120 valence electrons. The molecule has 0 aromatic heterocycles. The molecular formula is C14H25N3O4. The highest BCUT2D eigenvalue weighted by atomic mass is 16.5. The number of carbonyl (C=O) groups is 3. The molecule has 0 unspecified atom stereocenters. The van der Waals surface area contributed by atoms with Gasteiger partial charge in [-0.3, -0.25) is 14.4 Å². The van der Waals surface area contributed by atoms with Gasteiger partial charge >= 0.3 is 0 Å². The quantitative estimate of drug-likeness (QED) is 0.702. The van der Waals surface area contributed by atoms with E-state index in [1.54, 1.807) is 19.1 Å². The molecule has 2 N–H and O–H groups in total. The molecule has 0 aliphatic carbocycles. The van der Waals surface area contributed by atoms with E-state index in [0.29, 0.717) is 19.4 Å². The van der Waals surface area contributed by atoms with E-state index in [1.807, 2.05) is 0 Å². The summed E-state index contributed by atoms with van der Waals surface area (Å²) in [7, 11) is 3.22. The zero-order valence-electron chi connectivity index (χ0n) is 13.0. The summed E-state index contributed by atoms with van der Waals surface area (Å²) in [5.74, 6) is -0.413. The number of ether oxygens (including phenoxy) is 1. The smallest absolute Gasteiger partial charge is 0.242 e. The van der Waals surface area contributed by atoms with Crippen LogP contribution in [0.2, 0.25) is 0 Å². The summed E-state index contributed by atoms with van der Waals surface area (Å²) in [5.41, 5.74) is 0. The Morgan fingerprint density at radius 2 is 2.05 bits per heavy atom. The molecule has 0 radical (unpaired) electrons. The summed E-state index contributed by atoms with van der Waals surface area (Å²) in [6.45, 7) is 2.00. The van der Waals surface area contributed by atoms with Gasteiger partial charge in [-0.1, -0.05) is 0 Å². The van der Waals surface area contributed by atoms with Gasteiger partial charge in [0, 0.05) is 34.0 Å². The minimum Gasteiger partial charge on any atom is -0.379 e. The number of likely N-dealkylation sites (tertiary alicyclic amines) is 1. The number of nitrogens with one attached hydrogen (secondary N) is 2. The van der Waals surface area contributed by atoms with Crippen molar-refractivity contribution in [2.45, 2.75) is 44.8 Å². The van der Waals surface area contributed by atoms with Gasteiger partial charge in [0.1, 0.15) is 0 Å². The largest absolute Gasteiger partial charge is 0.379 e. The fourth-order valence-electron chi connectivity index (χ4n) is 2.65. The summed E-state index contributed by atoms with van der Waals surface area (Å²) in [6.07, 6.45) is 2.58. The predicted octanol–water partition coefficient (Wildman–Crippen LogP) is -0.345. The van der Waals surface area contributed by atoms with E-state index in [-0.39, 0.29) is 36.4 Å². The lowest BCUT2D eigenvalue weighted by Crippen LogP contribution is -2.54. The molecule has 0 aromatic rings. The van der Waals surface area contributed by atoms with Crippen molar-refractivity contribution in [2.75, 3.05) is 27.2 Å². The van der Waals surface area contributed by atoms with E-state index >= 15 is 0 Å². The maximum absolute atomic E-state index is 12.2. The maximum atomic E-state index is 12.2. The Morgan fingerprint density at radius 1 is 1.33 bits per heavy atom. The first kappa shape index (κ1) is 17.4. The summed E-state index contributed by atoms with van der Waals surface area (Å²) < 4.78 is 5.46. The summed E-state index contributed by atoms with van der Waals surface area (Å²) in [6, 6.07) is -0.123. The zero-order valence-corrected chi connectivity index (χ0v) is 13.0. The molecule has 1 saturated heterocycles. The number of hydrogen-bond acceptors (Lipinski definition) is 4. The topological polar surface area (TPSA) is 87.7 Å². The zero-order chi connectivity index (χ0) is 15.8. The molecule has 0 spiro atoms. The molecule has 3 amide bonds. The maximum Gasteiger partial charge on any atom is 0.242 e. The Balaban J connectivity index is 2.69. The van der Waals surface area contributed by atoms with Crippen LogP contribution in [0.1, 0.15) is 32.6 Å². The van der Waals surface area contributed by atoms with Crippen molar-refractivity contribution in [3.05, 3.63) is 0 Å². The highest BCUT2D eigenvalue weighted by Gasteiger charge is 2.34. The average Bonchev–Trinajstić information content (AvgIpc) is 2.49. The third kappa shape index (κ3) is 5.34. The van der Waals surface area contributed by atoms with Crippen LogP contribution in [0.25, 0.3) is 0 Å². The van der Waals surface area contributed by atoms with Crippen LogP contribution in [0.3, 0.4) is 0 Å². The van der Waals surface area contributed by atoms with E-state index in [1.165, 1.54) is 6.92 Å². The molecule has 7 heteroatoms. The van der Waals surface area contributed by atoms with Crippen molar-refractivity contribution in [3.8, 4) is 0 Å². The number of rotatable bonds is 6. The Morgan fingerprint density at radius 3 is 2.62 bits per heavy atom. The van der Waals surface area contributed by atoms with Crippen molar-refractivity contribution >= 4 is 17.7 Å². The fourth-order valence-corrected chi connectivity index (χ4v) is 2.65. The van der Waals surface area contributed by atoms with E-state index in [2.05, 4.69) is 10.6 Å². The molecule has 0 saturated carbocycles. The lowest BCUT2D eigenvalue weighted by molar-refractivity contribution is -0.141. The van der Waals surface area contributed by atoms with Crippen molar-refractivity contribution in [2.24, 2.45) is 0 Å². The van der Waals surface area contributed by atoms with Gasteiger partial charge in [0.2, 0.25) is 17.7 Å². The second-order valence-electron chi connectivity index (χ2n) is 5.19. The van der Waals surface area contributed by atoms with Crippen LogP contribution >= 0.6 is 0 Å². The Hall–Kier alpha value is -1.63. The van der Waals surface area contributed by atoms with Gasteiger partial charge < -0.3 is 20.3 Å². The van der Waals surface area contributed by atoms with Crippen LogP contribution in [-0.4, -0.2) is 62.0 Å². The molecule has 7 nitrogen and oxygen atoms in total. The molecule has 2 atom stereocenters. The highest BCUT2D eigenvalue weighted by molar-refractivity contribution is 5.84. The average molecular weight is 299 g/mol. The van der Waals surface area contributed by atoms with E-state index < -0.39 is 0 Å². The van der Waals surface area contributed by atoms with Crippen molar-refractivity contribution < 1.29 is 19.1 Å². The van der Waals surface area contributed by atoms with Gasteiger partial charge in [-0.2, -0.15) is 0 Å². The van der Waals surface area contributed by atoms with Crippen LogP contribution in [0.15, 0.2) is 0 Å². The SMILES string of the molecule is CNC(=O)CC[C@H]1[C@@H](OC)CCCN1C(=O)CNC(C)=O. The molecule has 1 aliphatic heterocycles. The van der Waals surface area contributed by atoms with Crippen LogP contribution in [0.4, 0.5) is 0 Å². The van der Waals surface area contributed by atoms with E-state index in [0.717, 1.165) is 12.8 Å². The number of hydrogen-bond donors (Lipinski definition) is 2. The van der Waals surface area contributed by atoms with Gasteiger partial charge in [0.15, 0.2) is 0 Å². The van der Waals surface area contributed by atoms with Gasteiger partial charge in [-0.25, -0.2) is 0 Å². The second kappa shape index (κ2) is 8.61.